The van der Waals surface area contributed by atoms with Gasteiger partial charge in [0.15, 0.2) is 0 Å². The zero-order chi connectivity index (χ0) is 30.6. The van der Waals surface area contributed by atoms with Gasteiger partial charge < -0.3 is 53.2 Å². The van der Waals surface area contributed by atoms with Gasteiger partial charge in [0.05, 0.1) is 93.1 Å². The number of rotatable bonds is 28. The third kappa shape index (κ3) is 16.6. The lowest BCUT2D eigenvalue weighted by molar-refractivity contribution is -0.108. The first-order valence-corrected chi connectivity index (χ1v) is 12.3. The zero-order valence-electron chi connectivity index (χ0n) is 23.6. The van der Waals surface area contributed by atoms with Crippen molar-refractivity contribution in [3.05, 3.63) is 89.9 Å². The van der Waals surface area contributed by atoms with Crippen LogP contribution in [0, 0.1) is 16.2 Å². The zero-order valence-corrected chi connectivity index (χ0v) is 23.6. The van der Waals surface area contributed by atoms with Gasteiger partial charge in [-0.05, 0) is 0 Å². The van der Waals surface area contributed by atoms with E-state index >= 15 is 0 Å². The minimum Gasteiger partial charge on any atom is -0.501 e. The van der Waals surface area contributed by atoms with Gasteiger partial charge in [0, 0.05) is 0 Å². The normalized spacial score (nSPS) is 10.9. The lowest BCUT2D eigenvalue weighted by Crippen LogP contribution is -2.44. The quantitative estimate of drug-likeness (QED) is 0.119. The van der Waals surface area contributed by atoms with Crippen molar-refractivity contribution < 1.29 is 53.2 Å². The van der Waals surface area contributed by atoms with Crippen LogP contribution in [0.25, 0.3) is 0 Å². The van der Waals surface area contributed by atoms with E-state index in [9.17, 15) is 5.11 Å². The molecule has 0 aromatic carbocycles. The van der Waals surface area contributed by atoms with Crippen LogP contribution in [0.5, 0.6) is 0 Å². The molecule has 0 bridgehead atoms. The van der Waals surface area contributed by atoms with E-state index in [0.717, 1.165) is 0 Å². The molecule has 0 heterocycles. The van der Waals surface area contributed by atoms with Crippen molar-refractivity contribution in [2.75, 3.05) is 79.3 Å². The van der Waals surface area contributed by atoms with Crippen molar-refractivity contribution in [3.63, 3.8) is 0 Å². The van der Waals surface area contributed by atoms with E-state index in [1.165, 1.54) is 43.8 Å². The summed E-state index contributed by atoms with van der Waals surface area (Å²) < 4.78 is 42.3. The Bertz CT molecular complexity index is 647. The first kappa shape index (κ1) is 38.8. The molecule has 0 unspecified atom stereocenters. The smallest absolute Gasteiger partial charge is 0.102 e. The summed E-state index contributed by atoms with van der Waals surface area (Å²) in [6, 6.07) is 0. The lowest BCUT2D eigenvalue weighted by Gasteiger charge is -2.34. The van der Waals surface area contributed by atoms with Crippen LogP contribution in [-0.4, -0.2) is 94.6 Å². The van der Waals surface area contributed by atoms with Crippen LogP contribution in [0.1, 0.15) is 0 Å². The van der Waals surface area contributed by atoms with Crippen molar-refractivity contribution in [1.29, 1.82) is 0 Å². The van der Waals surface area contributed by atoms with Gasteiger partial charge in [-0.3, -0.25) is 0 Å². The maximum atomic E-state index is 9.86. The molecule has 11 heteroatoms. The van der Waals surface area contributed by atoms with Gasteiger partial charge in [0.25, 0.3) is 0 Å². The highest BCUT2D eigenvalue weighted by Gasteiger charge is 2.37. The summed E-state index contributed by atoms with van der Waals surface area (Å²) in [6.07, 6.45) is 9.13. The average molecular weight is 573 g/mol. The summed E-state index contributed by atoms with van der Waals surface area (Å²) in [6.45, 7) is 25.6. The number of hydrogen-bond acceptors (Lipinski definition) is 11. The third-order valence-electron chi connectivity index (χ3n) is 5.37. The predicted molar refractivity (Wildman–Crippen MR) is 152 cm³/mol. The molecule has 0 saturated carbocycles. The molecular weight excluding hydrogens is 524 g/mol. The maximum Gasteiger partial charge on any atom is 0.102 e. The molecule has 0 aromatic rings. The Morgan fingerprint density at radius 2 is 0.575 bits per heavy atom. The van der Waals surface area contributed by atoms with Gasteiger partial charge in [-0.25, -0.2) is 0 Å². The van der Waals surface area contributed by atoms with Crippen LogP contribution in [0.3, 0.4) is 0 Å². The monoisotopic (exact) mass is 572 g/mol. The van der Waals surface area contributed by atoms with Crippen LogP contribution in [0.2, 0.25) is 0 Å². The fourth-order valence-electron chi connectivity index (χ4n) is 2.92. The molecule has 40 heavy (non-hydrogen) atoms. The number of aliphatic hydroxyl groups is 3. The minimum absolute atomic E-state index is 0.156. The fourth-order valence-corrected chi connectivity index (χ4v) is 2.92. The number of ether oxygens (including phenoxy) is 8. The van der Waals surface area contributed by atoms with Crippen molar-refractivity contribution in [3.8, 4) is 0 Å². The summed E-state index contributed by atoms with van der Waals surface area (Å²) in [5, 5.41) is 27.9. The highest BCUT2D eigenvalue weighted by Crippen LogP contribution is 2.25. The standard InChI is InChI=1S/C20H32O7.C9H16O4/c1-6-22-12-19(11-21,13-23-7-2)14-27-18-20(15-24-8-3,16-25-9-4)17-26-10-5;1-3-12-7-9(5-10,6-11)8-13-4-2/h6-10,21H,1-5,11-18H2;3-4,10-11H,1-2,5-8H2. The van der Waals surface area contributed by atoms with Crippen molar-refractivity contribution in [2.45, 2.75) is 0 Å². The summed E-state index contributed by atoms with van der Waals surface area (Å²) in [5.74, 6) is 0. The van der Waals surface area contributed by atoms with E-state index in [4.69, 9.17) is 48.1 Å². The van der Waals surface area contributed by atoms with Crippen LogP contribution in [0.4, 0.5) is 0 Å². The second-order valence-corrected chi connectivity index (χ2v) is 8.81. The molecule has 0 aromatic heterocycles. The van der Waals surface area contributed by atoms with E-state index in [1.807, 2.05) is 0 Å². The van der Waals surface area contributed by atoms with Gasteiger partial charge in [-0.2, -0.15) is 0 Å². The van der Waals surface area contributed by atoms with Crippen molar-refractivity contribution in [1.82, 2.24) is 0 Å². The molecular formula is C29H48O11. The Morgan fingerprint density at radius 3 is 0.825 bits per heavy atom. The Kier molecular flexibility index (Phi) is 23.9. The Morgan fingerprint density at radius 1 is 0.350 bits per heavy atom. The molecule has 0 radical (unpaired) electrons. The van der Waals surface area contributed by atoms with E-state index in [-0.39, 0.29) is 79.3 Å². The first-order chi connectivity index (χ1) is 19.3. The molecule has 0 rings (SSSR count). The van der Waals surface area contributed by atoms with Crippen LogP contribution in [-0.2, 0) is 37.9 Å². The summed E-state index contributed by atoms with van der Waals surface area (Å²) in [4.78, 5) is 0. The second kappa shape index (κ2) is 24.6. The minimum atomic E-state index is -0.789. The molecule has 0 fully saturated rings. The van der Waals surface area contributed by atoms with Crippen LogP contribution in [0.15, 0.2) is 89.9 Å². The molecule has 0 spiro atoms. The van der Waals surface area contributed by atoms with Gasteiger partial charge in [0.1, 0.15) is 46.2 Å². The molecule has 0 saturated heterocycles. The summed E-state index contributed by atoms with van der Waals surface area (Å²) in [5.41, 5.74) is -2.22. The Hall–Kier alpha value is -3.38. The van der Waals surface area contributed by atoms with Gasteiger partial charge in [-0.15, -0.1) is 0 Å². The highest BCUT2D eigenvalue weighted by molar-refractivity contribution is 4.85. The third-order valence-corrected chi connectivity index (χ3v) is 5.37. The lowest BCUT2D eigenvalue weighted by atomic mass is 9.90. The number of hydrogen-bond donors (Lipinski definition) is 3. The first-order valence-electron chi connectivity index (χ1n) is 12.3. The molecule has 0 aliphatic carbocycles. The van der Waals surface area contributed by atoms with Gasteiger partial charge in [0.2, 0.25) is 0 Å². The maximum absolute atomic E-state index is 9.86. The topological polar surface area (TPSA) is 135 Å². The van der Waals surface area contributed by atoms with Gasteiger partial charge >= 0.3 is 0 Å². The molecule has 0 atom stereocenters. The summed E-state index contributed by atoms with van der Waals surface area (Å²) in [7, 11) is 0. The average Bonchev–Trinajstić information content (AvgIpc) is 2.99. The molecule has 0 amide bonds. The Balaban J connectivity index is 0. The molecule has 3 N–H and O–H groups in total. The molecule has 11 nitrogen and oxygen atoms in total. The number of aliphatic hydroxyl groups excluding tert-OH is 3. The molecule has 0 aliphatic rings. The van der Waals surface area contributed by atoms with Crippen LogP contribution >= 0.6 is 0 Å². The van der Waals surface area contributed by atoms with E-state index in [2.05, 4.69) is 46.1 Å². The van der Waals surface area contributed by atoms with Gasteiger partial charge in [-0.1, -0.05) is 46.1 Å². The van der Waals surface area contributed by atoms with Crippen molar-refractivity contribution in [2.24, 2.45) is 16.2 Å². The summed E-state index contributed by atoms with van der Waals surface area (Å²) >= 11 is 0. The van der Waals surface area contributed by atoms with Crippen LogP contribution < -0.4 is 0 Å². The van der Waals surface area contributed by atoms with E-state index in [1.54, 1.807) is 0 Å². The van der Waals surface area contributed by atoms with E-state index < -0.39 is 16.2 Å². The SMILES string of the molecule is C=COCC(CO)(CO)COC=C.C=COCC(CO)(COC=C)COCC(COC=C)(COC=C)COC=C. The Labute approximate surface area is 238 Å². The predicted octanol–water partition coefficient (Wildman–Crippen LogP) is 3.05. The van der Waals surface area contributed by atoms with E-state index in [0.29, 0.717) is 0 Å². The second-order valence-electron chi connectivity index (χ2n) is 8.81. The largest absolute Gasteiger partial charge is 0.501 e. The highest BCUT2D eigenvalue weighted by atomic mass is 16.5. The fraction of sp³-hybridized carbons (Fsp3) is 0.517. The molecule has 230 valence electrons. The molecule has 0 aliphatic heterocycles. The van der Waals surface area contributed by atoms with Crippen molar-refractivity contribution >= 4 is 0 Å².